The number of hydrogen-bond donors (Lipinski definition) is 0. The van der Waals surface area contributed by atoms with E-state index in [9.17, 15) is 4.39 Å². The number of halogens is 1. The second-order valence-corrected chi connectivity index (χ2v) is 3.54. The maximum Gasteiger partial charge on any atom is 0.130 e. The molecule has 76 valence electrons. The first kappa shape index (κ1) is 11.0. The summed E-state index contributed by atoms with van der Waals surface area (Å²) in [4.78, 5) is 0. The third kappa shape index (κ3) is 2.99. The average Bonchev–Trinajstić information content (AvgIpc) is 2.18. The zero-order valence-electron chi connectivity index (χ0n) is 8.72. The van der Waals surface area contributed by atoms with Gasteiger partial charge in [0.05, 0.1) is 0 Å². The summed E-state index contributed by atoms with van der Waals surface area (Å²) in [6.45, 7) is 6.08. The lowest BCUT2D eigenvalue weighted by Crippen LogP contribution is -1.88. The topological polar surface area (TPSA) is 0 Å². The van der Waals surface area contributed by atoms with Gasteiger partial charge in [-0.15, -0.1) is 0 Å². The standard InChI is InChI=1S/C13H17F/c1-3-4-5-8-11(2)12-9-6-7-10-13(12)14/h6-7,9-10H,2-5,8H2,1H3. The molecule has 0 aromatic heterocycles. The molecular weight excluding hydrogens is 175 g/mol. The van der Waals surface area contributed by atoms with Crippen LogP contribution in [0.1, 0.15) is 38.2 Å². The number of rotatable bonds is 5. The Balaban J connectivity index is 2.56. The molecular formula is C13H17F. The van der Waals surface area contributed by atoms with Crippen LogP contribution in [0.3, 0.4) is 0 Å². The Morgan fingerprint density at radius 2 is 2.00 bits per heavy atom. The first-order valence-electron chi connectivity index (χ1n) is 5.18. The van der Waals surface area contributed by atoms with Crippen molar-refractivity contribution >= 4 is 5.57 Å². The van der Waals surface area contributed by atoms with Gasteiger partial charge >= 0.3 is 0 Å². The fourth-order valence-corrected chi connectivity index (χ4v) is 1.47. The van der Waals surface area contributed by atoms with Crippen molar-refractivity contribution in [3.8, 4) is 0 Å². The molecule has 1 aromatic carbocycles. The third-order valence-corrected chi connectivity index (χ3v) is 2.34. The number of hydrogen-bond acceptors (Lipinski definition) is 0. The molecule has 0 fully saturated rings. The molecule has 0 spiro atoms. The molecule has 0 aliphatic carbocycles. The molecule has 0 radical (unpaired) electrons. The summed E-state index contributed by atoms with van der Waals surface area (Å²) in [6.07, 6.45) is 4.37. The van der Waals surface area contributed by atoms with Crippen LogP contribution < -0.4 is 0 Å². The minimum absolute atomic E-state index is 0.158. The molecule has 0 unspecified atom stereocenters. The summed E-state index contributed by atoms with van der Waals surface area (Å²) in [7, 11) is 0. The molecule has 0 atom stereocenters. The Kier molecular flexibility index (Phi) is 4.37. The molecule has 0 saturated heterocycles. The van der Waals surface area contributed by atoms with Crippen LogP contribution in [-0.4, -0.2) is 0 Å². The van der Waals surface area contributed by atoms with E-state index in [1.54, 1.807) is 12.1 Å². The Morgan fingerprint density at radius 1 is 1.29 bits per heavy atom. The Morgan fingerprint density at radius 3 is 2.64 bits per heavy atom. The van der Waals surface area contributed by atoms with Crippen LogP contribution in [0.25, 0.3) is 5.57 Å². The van der Waals surface area contributed by atoms with Crippen LogP contribution in [0, 0.1) is 5.82 Å². The summed E-state index contributed by atoms with van der Waals surface area (Å²) >= 11 is 0. The summed E-state index contributed by atoms with van der Waals surface area (Å²) in [5, 5.41) is 0. The maximum atomic E-state index is 13.3. The maximum absolute atomic E-state index is 13.3. The zero-order chi connectivity index (χ0) is 10.4. The molecule has 0 N–H and O–H groups in total. The predicted molar refractivity (Wildman–Crippen MR) is 59.6 cm³/mol. The van der Waals surface area contributed by atoms with Gasteiger partial charge in [0.2, 0.25) is 0 Å². The normalized spacial score (nSPS) is 10.1. The minimum atomic E-state index is -0.158. The van der Waals surface area contributed by atoms with Crippen molar-refractivity contribution in [2.45, 2.75) is 32.6 Å². The molecule has 1 aromatic rings. The van der Waals surface area contributed by atoms with Gasteiger partial charge in [0.1, 0.15) is 5.82 Å². The van der Waals surface area contributed by atoms with Gasteiger partial charge in [0.15, 0.2) is 0 Å². The summed E-state index contributed by atoms with van der Waals surface area (Å²) < 4.78 is 13.3. The molecule has 0 saturated carbocycles. The first-order valence-corrected chi connectivity index (χ1v) is 5.18. The van der Waals surface area contributed by atoms with Crippen LogP contribution >= 0.6 is 0 Å². The van der Waals surface area contributed by atoms with Crippen molar-refractivity contribution < 1.29 is 4.39 Å². The molecule has 0 nitrogen and oxygen atoms in total. The monoisotopic (exact) mass is 192 g/mol. The lowest BCUT2D eigenvalue weighted by Gasteiger charge is -2.06. The second-order valence-electron chi connectivity index (χ2n) is 3.54. The van der Waals surface area contributed by atoms with E-state index in [0.29, 0.717) is 5.56 Å². The third-order valence-electron chi connectivity index (χ3n) is 2.34. The lowest BCUT2D eigenvalue weighted by molar-refractivity contribution is 0.622. The summed E-state index contributed by atoms with van der Waals surface area (Å²) in [6, 6.07) is 6.84. The van der Waals surface area contributed by atoms with Gasteiger partial charge in [-0.05, 0) is 24.5 Å². The highest BCUT2D eigenvalue weighted by atomic mass is 19.1. The van der Waals surface area contributed by atoms with Crippen LogP contribution in [0.4, 0.5) is 4.39 Å². The average molecular weight is 192 g/mol. The second kappa shape index (κ2) is 5.58. The smallest absolute Gasteiger partial charge is 0.130 e. The molecule has 1 rings (SSSR count). The van der Waals surface area contributed by atoms with E-state index in [2.05, 4.69) is 13.5 Å². The van der Waals surface area contributed by atoms with E-state index < -0.39 is 0 Å². The number of allylic oxidation sites excluding steroid dienone is 1. The SMILES string of the molecule is C=C(CCCCC)c1ccccc1F. The van der Waals surface area contributed by atoms with Crippen LogP contribution in [0.2, 0.25) is 0 Å². The molecule has 14 heavy (non-hydrogen) atoms. The van der Waals surface area contributed by atoms with Gasteiger partial charge in [0, 0.05) is 5.56 Å². The van der Waals surface area contributed by atoms with E-state index in [-0.39, 0.29) is 5.82 Å². The highest BCUT2D eigenvalue weighted by Crippen LogP contribution is 2.21. The summed E-state index contributed by atoms with van der Waals surface area (Å²) in [5.74, 6) is -0.158. The van der Waals surface area contributed by atoms with Crippen LogP contribution in [0.5, 0.6) is 0 Å². The lowest BCUT2D eigenvalue weighted by atomic mass is 10.0. The van der Waals surface area contributed by atoms with Gasteiger partial charge in [-0.1, -0.05) is 44.5 Å². The molecule has 0 amide bonds. The van der Waals surface area contributed by atoms with E-state index in [1.165, 1.54) is 18.9 Å². The van der Waals surface area contributed by atoms with E-state index in [4.69, 9.17) is 0 Å². The van der Waals surface area contributed by atoms with Gasteiger partial charge in [0.25, 0.3) is 0 Å². The van der Waals surface area contributed by atoms with Gasteiger partial charge in [-0.3, -0.25) is 0 Å². The first-order chi connectivity index (χ1) is 6.75. The Hall–Kier alpha value is -1.11. The molecule has 0 aliphatic heterocycles. The fourth-order valence-electron chi connectivity index (χ4n) is 1.47. The Bertz CT molecular complexity index is 302. The largest absolute Gasteiger partial charge is 0.206 e. The van der Waals surface area contributed by atoms with Crippen LogP contribution in [0.15, 0.2) is 30.8 Å². The van der Waals surface area contributed by atoms with Gasteiger partial charge in [-0.25, -0.2) is 4.39 Å². The molecule has 0 aliphatic rings. The molecule has 1 heteroatoms. The van der Waals surface area contributed by atoms with Gasteiger partial charge < -0.3 is 0 Å². The van der Waals surface area contributed by atoms with Crippen molar-refractivity contribution in [1.82, 2.24) is 0 Å². The highest BCUT2D eigenvalue weighted by molar-refractivity contribution is 5.63. The number of benzene rings is 1. The molecule has 0 bridgehead atoms. The van der Waals surface area contributed by atoms with Gasteiger partial charge in [-0.2, -0.15) is 0 Å². The Labute approximate surface area is 85.5 Å². The fraction of sp³-hybridized carbons (Fsp3) is 0.385. The van der Waals surface area contributed by atoms with Crippen LogP contribution in [-0.2, 0) is 0 Å². The van der Waals surface area contributed by atoms with E-state index in [1.807, 2.05) is 6.07 Å². The van der Waals surface area contributed by atoms with Crippen molar-refractivity contribution in [1.29, 1.82) is 0 Å². The van der Waals surface area contributed by atoms with E-state index in [0.717, 1.165) is 18.4 Å². The predicted octanol–water partition coefficient (Wildman–Crippen LogP) is 4.42. The van der Waals surface area contributed by atoms with Crippen molar-refractivity contribution in [3.05, 3.63) is 42.2 Å². The summed E-state index contributed by atoms with van der Waals surface area (Å²) in [5.41, 5.74) is 1.58. The van der Waals surface area contributed by atoms with E-state index >= 15 is 0 Å². The van der Waals surface area contributed by atoms with Crippen molar-refractivity contribution in [2.24, 2.45) is 0 Å². The van der Waals surface area contributed by atoms with Crippen molar-refractivity contribution in [3.63, 3.8) is 0 Å². The number of unbranched alkanes of at least 4 members (excludes halogenated alkanes) is 2. The zero-order valence-corrected chi connectivity index (χ0v) is 8.72. The molecule has 0 heterocycles. The minimum Gasteiger partial charge on any atom is -0.206 e. The van der Waals surface area contributed by atoms with Crippen molar-refractivity contribution in [2.75, 3.05) is 0 Å². The highest BCUT2D eigenvalue weighted by Gasteiger charge is 2.03. The quantitative estimate of drug-likeness (QED) is 0.606.